The summed E-state index contributed by atoms with van der Waals surface area (Å²) >= 11 is 0. The average molecular weight is 286 g/mol. The van der Waals surface area contributed by atoms with Crippen LogP contribution < -0.4 is 0 Å². The minimum atomic E-state index is -0.847. The van der Waals surface area contributed by atoms with Gasteiger partial charge in [0.05, 0.1) is 19.1 Å². The summed E-state index contributed by atoms with van der Waals surface area (Å²) in [5.41, 5.74) is 0. The van der Waals surface area contributed by atoms with Gasteiger partial charge >= 0.3 is 12.0 Å². The lowest BCUT2D eigenvalue weighted by Gasteiger charge is -2.37. The topological polar surface area (TPSA) is 70.1 Å². The van der Waals surface area contributed by atoms with Gasteiger partial charge in [0.2, 0.25) is 0 Å². The van der Waals surface area contributed by atoms with Crippen LogP contribution >= 0.6 is 0 Å². The van der Waals surface area contributed by atoms with Crippen LogP contribution in [0.3, 0.4) is 0 Å². The Morgan fingerprint density at radius 3 is 2.70 bits per heavy atom. The van der Waals surface area contributed by atoms with Gasteiger partial charge in [-0.25, -0.2) is 4.79 Å². The second-order valence-corrected chi connectivity index (χ2v) is 5.56. The van der Waals surface area contributed by atoms with Crippen molar-refractivity contribution in [2.75, 3.05) is 26.7 Å². The predicted octanol–water partition coefficient (Wildman–Crippen LogP) is 1.79. The molecule has 1 fully saturated rings. The predicted molar refractivity (Wildman–Crippen MR) is 75.7 cm³/mol. The zero-order chi connectivity index (χ0) is 15.1. The second kappa shape index (κ2) is 8.09. The van der Waals surface area contributed by atoms with Crippen molar-refractivity contribution in [2.45, 2.75) is 51.7 Å². The van der Waals surface area contributed by atoms with E-state index in [1.54, 1.807) is 16.8 Å². The molecule has 0 aromatic carbocycles. The van der Waals surface area contributed by atoms with E-state index in [2.05, 4.69) is 0 Å². The molecule has 0 aromatic heterocycles. The first kappa shape index (κ1) is 16.8. The van der Waals surface area contributed by atoms with Gasteiger partial charge in [0.15, 0.2) is 0 Å². The van der Waals surface area contributed by atoms with Crippen molar-refractivity contribution in [3.63, 3.8) is 0 Å². The largest absolute Gasteiger partial charge is 0.481 e. The summed E-state index contributed by atoms with van der Waals surface area (Å²) in [7, 11) is 1.73. The molecule has 1 heterocycles. The average Bonchev–Trinajstić information content (AvgIpc) is 2.37. The quantitative estimate of drug-likeness (QED) is 0.808. The van der Waals surface area contributed by atoms with Crippen molar-refractivity contribution in [1.29, 1.82) is 0 Å². The minimum Gasteiger partial charge on any atom is -0.481 e. The van der Waals surface area contributed by atoms with Gasteiger partial charge in [0, 0.05) is 26.2 Å². The molecule has 0 saturated carbocycles. The number of likely N-dealkylation sites (tertiary alicyclic amines) is 1. The molecule has 1 unspecified atom stereocenters. The summed E-state index contributed by atoms with van der Waals surface area (Å²) in [5, 5.41) is 8.93. The first-order valence-electron chi connectivity index (χ1n) is 7.27. The van der Waals surface area contributed by atoms with Crippen LogP contribution in [-0.2, 0) is 9.53 Å². The number of piperidine rings is 1. The van der Waals surface area contributed by atoms with E-state index in [1.165, 1.54) is 0 Å². The number of amides is 2. The van der Waals surface area contributed by atoms with E-state index in [0.717, 1.165) is 19.3 Å². The lowest BCUT2D eigenvalue weighted by Crippen LogP contribution is -2.50. The lowest BCUT2D eigenvalue weighted by atomic mass is 10.00. The summed E-state index contributed by atoms with van der Waals surface area (Å²) in [6.45, 7) is 5.57. The Bertz CT molecular complexity index is 333. The Morgan fingerprint density at radius 2 is 2.10 bits per heavy atom. The molecule has 1 rings (SSSR count). The first-order chi connectivity index (χ1) is 9.41. The number of hydrogen-bond donors (Lipinski definition) is 1. The van der Waals surface area contributed by atoms with Crippen LogP contribution in [-0.4, -0.2) is 65.8 Å². The molecule has 1 saturated heterocycles. The number of carboxylic acid groups (broad SMARTS) is 1. The molecular formula is C14H26N2O4. The number of likely N-dealkylation sites (N-methyl/N-ethyl adjacent to an activating group) is 1. The van der Waals surface area contributed by atoms with E-state index in [1.807, 2.05) is 13.8 Å². The van der Waals surface area contributed by atoms with Crippen molar-refractivity contribution in [3.05, 3.63) is 0 Å². The van der Waals surface area contributed by atoms with Gasteiger partial charge in [-0.3, -0.25) is 4.79 Å². The third-order valence-electron chi connectivity index (χ3n) is 3.49. The second-order valence-electron chi connectivity index (χ2n) is 5.56. The van der Waals surface area contributed by atoms with E-state index >= 15 is 0 Å². The highest BCUT2D eigenvalue weighted by Crippen LogP contribution is 2.20. The third kappa shape index (κ3) is 5.36. The monoisotopic (exact) mass is 286 g/mol. The van der Waals surface area contributed by atoms with Crippen LogP contribution in [0.1, 0.15) is 39.5 Å². The summed E-state index contributed by atoms with van der Waals surface area (Å²) in [6, 6.07) is -0.273. The van der Waals surface area contributed by atoms with Gasteiger partial charge < -0.3 is 19.6 Å². The van der Waals surface area contributed by atoms with Crippen LogP contribution in [0.4, 0.5) is 4.79 Å². The molecule has 1 atom stereocenters. The fourth-order valence-corrected chi connectivity index (χ4v) is 2.41. The van der Waals surface area contributed by atoms with Gasteiger partial charge in [0.1, 0.15) is 0 Å². The van der Waals surface area contributed by atoms with E-state index in [4.69, 9.17) is 9.84 Å². The number of carboxylic acids is 1. The summed E-state index contributed by atoms with van der Waals surface area (Å²) < 4.78 is 5.43. The molecule has 0 aliphatic carbocycles. The number of nitrogens with zero attached hydrogens (tertiary/aromatic N) is 2. The molecule has 0 radical (unpaired) electrons. The zero-order valence-corrected chi connectivity index (χ0v) is 12.7. The Kier molecular flexibility index (Phi) is 6.78. The van der Waals surface area contributed by atoms with Crippen molar-refractivity contribution < 1.29 is 19.4 Å². The first-order valence-corrected chi connectivity index (χ1v) is 7.27. The van der Waals surface area contributed by atoms with Gasteiger partial charge in [0.25, 0.3) is 0 Å². The van der Waals surface area contributed by atoms with Crippen LogP contribution in [0.15, 0.2) is 0 Å². The van der Waals surface area contributed by atoms with E-state index in [0.29, 0.717) is 19.7 Å². The van der Waals surface area contributed by atoms with E-state index in [9.17, 15) is 9.59 Å². The van der Waals surface area contributed by atoms with Gasteiger partial charge in [-0.1, -0.05) is 0 Å². The molecule has 116 valence electrons. The van der Waals surface area contributed by atoms with Crippen molar-refractivity contribution in [3.8, 4) is 0 Å². The van der Waals surface area contributed by atoms with Gasteiger partial charge in [-0.2, -0.15) is 0 Å². The number of carbonyl (C=O) groups excluding carboxylic acids is 1. The van der Waals surface area contributed by atoms with Gasteiger partial charge in [-0.05, 0) is 33.1 Å². The standard InChI is InChI=1S/C14H26N2O4/c1-11(2)20-9-8-15(3)14(19)16-7-5-4-6-12(16)10-13(17)18/h11-12H,4-10H2,1-3H3,(H,17,18). The van der Waals surface area contributed by atoms with Crippen molar-refractivity contribution in [2.24, 2.45) is 0 Å². The van der Waals surface area contributed by atoms with Crippen LogP contribution in [0.5, 0.6) is 0 Å². The normalized spacial score (nSPS) is 19.2. The fourth-order valence-electron chi connectivity index (χ4n) is 2.41. The Hall–Kier alpha value is -1.30. The van der Waals surface area contributed by atoms with E-state index in [-0.39, 0.29) is 24.6 Å². The maximum absolute atomic E-state index is 12.4. The van der Waals surface area contributed by atoms with Gasteiger partial charge in [-0.15, -0.1) is 0 Å². The lowest BCUT2D eigenvalue weighted by molar-refractivity contribution is -0.138. The van der Waals surface area contributed by atoms with Crippen LogP contribution in [0, 0.1) is 0 Å². The molecule has 0 spiro atoms. The highest BCUT2D eigenvalue weighted by molar-refractivity contribution is 5.76. The summed E-state index contributed by atoms with van der Waals surface area (Å²) in [6.07, 6.45) is 2.88. The molecule has 6 nitrogen and oxygen atoms in total. The number of carbonyl (C=O) groups is 2. The fraction of sp³-hybridized carbons (Fsp3) is 0.857. The molecule has 0 aromatic rings. The van der Waals surface area contributed by atoms with Crippen molar-refractivity contribution >= 4 is 12.0 Å². The number of urea groups is 1. The van der Waals surface area contributed by atoms with Crippen molar-refractivity contribution in [1.82, 2.24) is 9.80 Å². The Labute approximate surface area is 120 Å². The Balaban J connectivity index is 2.51. The van der Waals surface area contributed by atoms with Crippen LogP contribution in [0.25, 0.3) is 0 Å². The maximum Gasteiger partial charge on any atom is 0.320 e. The minimum absolute atomic E-state index is 0.0298. The summed E-state index contributed by atoms with van der Waals surface area (Å²) in [5.74, 6) is -0.847. The smallest absolute Gasteiger partial charge is 0.320 e. The molecule has 2 amide bonds. The molecule has 0 bridgehead atoms. The highest BCUT2D eigenvalue weighted by Gasteiger charge is 2.30. The molecule has 20 heavy (non-hydrogen) atoms. The number of aliphatic carboxylic acids is 1. The third-order valence-corrected chi connectivity index (χ3v) is 3.49. The number of rotatable bonds is 6. The number of hydrogen-bond acceptors (Lipinski definition) is 3. The SMILES string of the molecule is CC(C)OCCN(C)C(=O)N1CCCCC1CC(=O)O. The van der Waals surface area contributed by atoms with E-state index < -0.39 is 5.97 Å². The molecule has 1 aliphatic rings. The molecule has 1 N–H and O–H groups in total. The Morgan fingerprint density at radius 1 is 1.40 bits per heavy atom. The number of ether oxygens (including phenoxy) is 1. The zero-order valence-electron chi connectivity index (χ0n) is 12.7. The maximum atomic E-state index is 12.4. The van der Waals surface area contributed by atoms with Crippen LogP contribution in [0.2, 0.25) is 0 Å². The highest BCUT2D eigenvalue weighted by atomic mass is 16.5. The molecular weight excluding hydrogens is 260 g/mol. The summed E-state index contributed by atoms with van der Waals surface area (Å²) in [4.78, 5) is 26.6. The molecule has 6 heteroatoms. The molecule has 1 aliphatic heterocycles.